The maximum absolute atomic E-state index is 12.3. The molecule has 134 valence electrons. The highest BCUT2D eigenvalue weighted by molar-refractivity contribution is 7.98. The van der Waals surface area contributed by atoms with Crippen LogP contribution in [0.2, 0.25) is 0 Å². The van der Waals surface area contributed by atoms with Gasteiger partial charge in [-0.05, 0) is 51.1 Å². The summed E-state index contributed by atoms with van der Waals surface area (Å²) in [5.41, 5.74) is 0.435. The van der Waals surface area contributed by atoms with E-state index < -0.39 is 17.7 Å². The Hall–Kier alpha value is -1.69. The average Bonchev–Trinajstić information content (AvgIpc) is 2.51. The molecule has 0 heterocycles. The molecule has 1 unspecified atom stereocenters. The maximum Gasteiger partial charge on any atom is 0.408 e. The highest BCUT2D eigenvalue weighted by Gasteiger charge is 2.23. The minimum atomic E-state index is -0.588. The van der Waals surface area contributed by atoms with Gasteiger partial charge in [0.2, 0.25) is 5.91 Å². The van der Waals surface area contributed by atoms with Crippen molar-refractivity contribution >= 4 is 23.8 Å². The summed E-state index contributed by atoms with van der Waals surface area (Å²) in [4.78, 5) is 25.4. The van der Waals surface area contributed by atoms with Gasteiger partial charge < -0.3 is 15.4 Å². The molecule has 0 radical (unpaired) electrons. The van der Waals surface area contributed by atoms with Crippen molar-refractivity contribution in [3.8, 4) is 0 Å². The third-order valence-electron chi connectivity index (χ3n) is 3.21. The summed E-state index contributed by atoms with van der Waals surface area (Å²) in [5, 5.41) is 5.53. The van der Waals surface area contributed by atoms with Gasteiger partial charge in [0.15, 0.2) is 0 Å². The zero-order valence-electron chi connectivity index (χ0n) is 15.1. The third kappa shape index (κ3) is 7.73. The molecule has 0 aliphatic carbocycles. The highest BCUT2D eigenvalue weighted by atomic mass is 32.2. The van der Waals surface area contributed by atoms with E-state index in [1.165, 1.54) is 4.90 Å². The summed E-state index contributed by atoms with van der Waals surface area (Å²) >= 11 is 1.68. The quantitative estimate of drug-likeness (QED) is 0.734. The standard InChI is InChI=1S/C18H28N2O3S/c1-6-7-15(20-17(22)23-18(2,3)4)16(21)19-12-13-8-10-14(24-5)11-9-13/h8-11,15H,6-7,12H2,1-5H3,(H,19,21)(H,20,22). The van der Waals surface area contributed by atoms with Gasteiger partial charge in [-0.15, -0.1) is 11.8 Å². The number of carbonyl (C=O) groups excluding carboxylic acids is 2. The molecule has 2 amide bonds. The van der Waals surface area contributed by atoms with Crippen LogP contribution in [-0.4, -0.2) is 29.9 Å². The van der Waals surface area contributed by atoms with Crippen molar-refractivity contribution in [3.05, 3.63) is 29.8 Å². The van der Waals surface area contributed by atoms with E-state index in [1.807, 2.05) is 37.4 Å². The second-order valence-electron chi connectivity index (χ2n) is 6.55. The number of carbonyl (C=O) groups is 2. The van der Waals surface area contributed by atoms with Crippen LogP contribution in [0.4, 0.5) is 4.79 Å². The molecular weight excluding hydrogens is 324 g/mol. The van der Waals surface area contributed by atoms with Crippen LogP contribution >= 0.6 is 11.8 Å². The Balaban J connectivity index is 2.57. The summed E-state index contributed by atoms with van der Waals surface area (Å²) in [6.07, 6.45) is 2.81. The first kappa shape index (κ1) is 20.4. The lowest BCUT2D eigenvalue weighted by atomic mass is 10.1. The molecule has 1 aromatic carbocycles. The third-order valence-corrected chi connectivity index (χ3v) is 3.95. The molecule has 0 bridgehead atoms. The van der Waals surface area contributed by atoms with Crippen LogP contribution in [0, 0.1) is 0 Å². The molecule has 0 aromatic heterocycles. The number of nitrogens with one attached hydrogen (secondary N) is 2. The van der Waals surface area contributed by atoms with Crippen LogP contribution in [0.15, 0.2) is 29.2 Å². The van der Waals surface area contributed by atoms with Gasteiger partial charge in [-0.1, -0.05) is 25.5 Å². The van der Waals surface area contributed by atoms with Crippen molar-refractivity contribution in [1.82, 2.24) is 10.6 Å². The fraction of sp³-hybridized carbons (Fsp3) is 0.556. The molecule has 2 N–H and O–H groups in total. The Morgan fingerprint density at radius 1 is 1.21 bits per heavy atom. The first-order valence-corrected chi connectivity index (χ1v) is 9.37. The topological polar surface area (TPSA) is 67.4 Å². The lowest BCUT2D eigenvalue weighted by Crippen LogP contribution is -2.47. The molecule has 1 rings (SSSR count). The first-order chi connectivity index (χ1) is 11.2. The van der Waals surface area contributed by atoms with Gasteiger partial charge in [-0.3, -0.25) is 4.79 Å². The summed E-state index contributed by atoms with van der Waals surface area (Å²) in [6, 6.07) is 7.43. The number of rotatable bonds is 7. The SMILES string of the molecule is CCCC(NC(=O)OC(C)(C)C)C(=O)NCc1ccc(SC)cc1. The van der Waals surface area contributed by atoms with E-state index in [-0.39, 0.29) is 5.91 Å². The van der Waals surface area contributed by atoms with Crippen LogP contribution in [0.3, 0.4) is 0 Å². The van der Waals surface area contributed by atoms with Gasteiger partial charge in [-0.2, -0.15) is 0 Å². The summed E-state index contributed by atoms with van der Waals surface area (Å²) in [6.45, 7) is 7.78. The van der Waals surface area contributed by atoms with E-state index >= 15 is 0 Å². The molecule has 1 atom stereocenters. The van der Waals surface area contributed by atoms with Crippen LogP contribution in [-0.2, 0) is 16.1 Å². The fourth-order valence-electron chi connectivity index (χ4n) is 2.06. The molecule has 0 fully saturated rings. The highest BCUT2D eigenvalue weighted by Crippen LogP contribution is 2.14. The number of hydrogen-bond donors (Lipinski definition) is 2. The second-order valence-corrected chi connectivity index (χ2v) is 7.43. The minimum absolute atomic E-state index is 0.198. The van der Waals surface area contributed by atoms with E-state index in [0.717, 1.165) is 12.0 Å². The number of ether oxygens (including phenoxy) is 1. The number of alkyl carbamates (subject to hydrolysis) is 1. The Labute approximate surface area is 148 Å². The van der Waals surface area contributed by atoms with Crippen LogP contribution < -0.4 is 10.6 Å². The molecule has 6 heteroatoms. The van der Waals surface area contributed by atoms with Gasteiger partial charge in [0, 0.05) is 11.4 Å². The smallest absolute Gasteiger partial charge is 0.408 e. The molecule has 0 saturated heterocycles. The molecular formula is C18H28N2O3S. The molecule has 0 saturated carbocycles. The molecule has 0 aliphatic rings. The van der Waals surface area contributed by atoms with Crippen molar-refractivity contribution in [2.45, 2.75) is 63.6 Å². The van der Waals surface area contributed by atoms with Gasteiger partial charge in [0.25, 0.3) is 0 Å². The number of thioether (sulfide) groups is 1. The average molecular weight is 352 g/mol. The minimum Gasteiger partial charge on any atom is -0.444 e. The number of hydrogen-bond acceptors (Lipinski definition) is 4. The largest absolute Gasteiger partial charge is 0.444 e. The van der Waals surface area contributed by atoms with Crippen molar-refractivity contribution in [1.29, 1.82) is 0 Å². The molecule has 24 heavy (non-hydrogen) atoms. The van der Waals surface area contributed by atoms with Crippen LogP contribution in [0.25, 0.3) is 0 Å². The van der Waals surface area contributed by atoms with Crippen molar-refractivity contribution < 1.29 is 14.3 Å². The van der Waals surface area contributed by atoms with Gasteiger partial charge in [0.1, 0.15) is 11.6 Å². The molecule has 5 nitrogen and oxygen atoms in total. The van der Waals surface area contributed by atoms with Crippen LogP contribution in [0.1, 0.15) is 46.1 Å². The molecule has 1 aromatic rings. The fourth-order valence-corrected chi connectivity index (χ4v) is 2.47. The Bertz CT molecular complexity index is 538. The van der Waals surface area contributed by atoms with E-state index in [0.29, 0.717) is 13.0 Å². The monoisotopic (exact) mass is 352 g/mol. The number of benzene rings is 1. The predicted octanol–water partition coefficient (Wildman–Crippen LogP) is 3.72. The van der Waals surface area contributed by atoms with E-state index in [2.05, 4.69) is 10.6 Å². The van der Waals surface area contributed by atoms with Crippen molar-refractivity contribution in [3.63, 3.8) is 0 Å². The Morgan fingerprint density at radius 2 is 1.83 bits per heavy atom. The van der Waals surface area contributed by atoms with Crippen molar-refractivity contribution in [2.75, 3.05) is 6.26 Å². The van der Waals surface area contributed by atoms with E-state index in [9.17, 15) is 9.59 Å². The van der Waals surface area contributed by atoms with E-state index in [1.54, 1.807) is 32.5 Å². The summed E-state index contributed by atoms with van der Waals surface area (Å²) in [5.74, 6) is -0.198. The lowest BCUT2D eigenvalue weighted by Gasteiger charge is -2.23. The summed E-state index contributed by atoms with van der Waals surface area (Å²) in [7, 11) is 0. The predicted molar refractivity (Wildman–Crippen MR) is 98.1 cm³/mol. The zero-order valence-corrected chi connectivity index (χ0v) is 16.0. The van der Waals surface area contributed by atoms with Crippen LogP contribution in [0.5, 0.6) is 0 Å². The Morgan fingerprint density at radius 3 is 2.33 bits per heavy atom. The molecule has 0 spiro atoms. The first-order valence-electron chi connectivity index (χ1n) is 8.15. The van der Waals surface area contributed by atoms with E-state index in [4.69, 9.17) is 4.74 Å². The molecule has 0 aliphatic heterocycles. The number of amides is 2. The second kappa shape index (κ2) is 9.57. The van der Waals surface area contributed by atoms with Gasteiger partial charge in [-0.25, -0.2) is 4.79 Å². The van der Waals surface area contributed by atoms with Gasteiger partial charge >= 0.3 is 6.09 Å². The van der Waals surface area contributed by atoms with Gasteiger partial charge in [0.05, 0.1) is 0 Å². The zero-order chi connectivity index (χ0) is 18.2. The lowest BCUT2D eigenvalue weighted by molar-refractivity contribution is -0.123. The van der Waals surface area contributed by atoms with Crippen molar-refractivity contribution in [2.24, 2.45) is 0 Å². The normalized spacial score (nSPS) is 12.4. The summed E-state index contributed by atoms with van der Waals surface area (Å²) < 4.78 is 5.22. The maximum atomic E-state index is 12.3. The Kier molecular flexibility index (Phi) is 8.11.